The summed E-state index contributed by atoms with van der Waals surface area (Å²) in [4.78, 5) is 0. The van der Waals surface area contributed by atoms with Crippen LogP contribution < -0.4 is 5.32 Å². The topological polar surface area (TPSA) is 21.3 Å². The first-order valence-corrected chi connectivity index (χ1v) is 6.81. The molecule has 2 atom stereocenters. The van der Waals surface area contributed by atoms with Crippen LogP contribution in [-0.4, -0.2) is 18.8 Å². The largest absolute Gasteiger partial charge is 0.418 e. The minimum Gasteiger partial charge on any atom is -0.381 e. The zero-order valence-electron chi connectivity index (χ0n) is 11.9. The molecule has 112 valence electrons. The standard InChI is InChI=1S/C15H20F3NO/c1-4-20-13-9-12(14(13,2)3)19-11-8-6-5-7-10(11)15(16,17)18/h5-8,12-13,19H,4,9H2,1-3H3. The highest BCUT2D eigenvalue weighted by Crippen LogP contribution is 2.45. The number of rotatable bonds is 4. The van der Waals surface area contributed by atoms with Crippen LogP contribution in [0.1, 0.15) is 32.8 Å². The van der Waals surface area contributed by atoms with Crippen molar-refractivity contribution in [1.29, 1.82) is 0 Å². The second-order valence-electron chi connectivity index (χ2n) is 5.74. The van der Waals surface area contributed by atoms with Crippen LogP contribution >= 0.6 is 0 Å². The van der Waals surface area contributed by atoms with E-state index in [0.29, 0.717) is 6.61 Å². The van der Waals surface area contributed by atoms with Gasteiger partial charge in [0.15, 0.2) is 0 Å². The van der Waals surface area contributed by atoms with Gasteiger partial charge < -0.3 is 10.1 Å². The average Bonchev–Trinajstić information content (AvgIpc) is 2.37. The third-order valence-electron chi connectivity index (χ3n) is 4.11. The summed E-state index contributed by atoms with van der Waals surface area (Å²) in [5.74, 6) is 0. The molecule has 0 spiro atoms. The molecule has 2 rings (SSSR count). The van der Waals surface area contributed by atoms with Gasteiger partial charge in [-0.3, -0.25) is 0 Å². The summed E-state index contributed by atoms with van der Waals surface area (Å²) in [6.07, 6.45) is -3.51. The first-order chi connectivity index (χ1) is 9.26. The molecule has 1 saturated carbocycles. The van der Waals surface area contributed by atoms with Crippen LogP contribution in [0.15, 0.2) is 24.3 Å². The molecule has 1 aliphatic rings. The van der Waals surface area contributed by atoms with Gasteiger partial charge >= 0.3 is 6.18 Å². The van der Waals surface area contributed by atoms with Gasteiger partial charge in [-0.15, -0.1) is 0 Å². The second kappa shape index (κ2) is 5.28. The third-order valence-corrected chi connectivity index (χ3v) is 4.11. The SMILES string of the molecule is CCOC1CC(Nc2ccccc2C(F)(F)F)C1(C)C. The van der Waals surface area contributed by atoms with Crippen molar-refractivity contribution >= 4 is 5.69 Å². The lowest BCUT2D eigenvalue weighted by Gasteiger charge is -2.52. The normalized spacial score (nSPS) is 25.1. The van der Waals surface area contributed by atoms with Gasteiger partial charge in [-0.25, -0.2) is 0 Å². The van der Waals surface area contributed by atoms with E-state index in [1.807, 2.05) is 20.8 Å². The monoisotopic (exact) mass is 287 g/mol. The van der Waals surface area contributed by atoms with E-state index in [2.05, 4.69) is 5.32 Å². The molecule has 1 aromatic carbocycles. The number of anilines is 1. The van der Waals surface area contributed by atoms with E-state index in [0.717, 1.165) is 12.5 Å². The van der Waals surface area contributed by atoms with Crippen molar-refractivity contribution in [3.05, 3.63) is 29.8 Å². The van der Waals surface area contributed by atoms with Gasteiger partial charge in [0.05, 0.1) is 11.7 Å². The highest BCUT2D eigenvalue weighted by Gasteiger charge is 2.49. The summed E-state index contributed by atoms with van der Waals surface area (Å²) in [7, 11) is 0. The highest BCUT2D eigenvalue weighted by molar-refractivity contribution is 5.54. The maximum atomic E-state index is 12.9. The van der Waals surface area contributed by atoms with Crippen LogP contribution in [0.3, 0.4) is 0 Å². The molecule has 0 radical (unpaired) electrons. The lowest BCUT2D eigenvalue weighted by Crippen LogP contribution is -2.58. The summed E-state index contributed by atoms with van der Waals surface area (Å²) in [5, 5.41) is 3.03. The van der Waals surface area contributed by atoms with E-state index in [9.17, 15) is 13.2 Å². The predicted octanol–water partition coefficient (Wildman–Crippen LogP) is 4.32. The molecular weight excluding hydrogens is 267 g/mol. The lowest BCUT2D eigenvalue weighted by atomic mass is 9.64. The summed E-state index contributed by atoms with van der Waals surface area (Å²) < 4.78 is 44.4. The van der Waals surface area contributed by atoms with E-state index in [1.54, 1.807) is 6.07 Å². The molecule has 0 heterocycles. The van der Waals surface area contributed by atoms with E-state index in [1.165, 1.54) is 12.1 Å². The Morgan fingerprint density at radius 1 is 1.30 bits per heavy atom. The first kappa shape index (κ1) is 15.2. The molecule has 0 amide bonds. The Morgan fingerprint density at radius 3 is 2.50 bits per heavy atom. The van der Waals surface area contributed by atoms with Crippen LogP contribution in [0.4, 0.5) is 18.9 Å². The smallest absolute Gasteiger partial charge is 0.381 e. The molecule has 0 aliphatic heterocycles. The summed E-state index contributed by atoms with van der Waals surface area (Å²) in [5.41, 5.74) is -0.641. The Kier molecular flexibility index (Phi) is 4.00. The summed E-state index contributed by atoms with van der Waals surface area (Å²) in [6, 6.07) is 5.59. The number of nitrogens with one attached hydrogen (secondary N) is 1. The Morgan fingerprint density at radius 2 is 1.95 bits per heavy atom. The maximum Gasteiger partial charge on any atom is 0.418 e. The number of hydrogen-bond donors (Lipinski definition) is 1. The van der Waals surface area contributed by atoms with E-state index in [4.69, 9.17) is 4.74 Å². The molecule has 20 heavy (non-hydrogen) atoms. The van der Waals surface area contributed by atoms with Crippen molar-refractivity contribution in [3.8, 4) is 0 Å². The van der Waals surface area contributed by atoms with Crippen LogP contribution in [0, 0.1) is 5.41 Å². The number of para-hydroxylation sites is 1. The molecule has 0 aromatic heterocycles. The number of alkyl halides is 3. The zero-order chi connectivity index (χ0) is 15.0. The molecular formula is C15H20F3NO. The lowest BCUT2D eigenvalue weighted by molar-refractivity contribution is -0.137. The first-order valence-electron chi connectivity index (χ1n) is 6.81. The minimum absolute atomic E-state index is 0.0115. The Labute approximate surface area is 117 Å². The number of ether oxygens (including phenoxy) is 1. The van der Waals surface area contributed by atoms with Crippen LogP contribution in [0.25, 0.3) is 0 Å². The van der Waals surface area contributed by atoms with Crippen molar-refractivity contribution in [2.24, 2.45) is 5.41 Å². The molecule has 0 saturated heterocycles. The van der Waals surface area contributed by atoms with Crippen LogP contribution in [0.2, 0.25) is 0 Å². The average molecular weight is 287 g/mol. The van der Waals surface area contributed by atoms with Gasteiger partial charge in [-0.05, 0) is 25.5 Å². The molecule has 1 N–H and O–H groups in total. The van der Waals surface area contributed by atoms with Gasteiger partial charge in [0.2, 0.25) is 0 Å². The Bertz CT molecular complexity index is 470. The fourth-order valence-electron chi connectivity index (χ4n) is 2.66. The summed E-state index contributed by atoms with van der Waals surface area (Å²) >= 11 is 0. The van der Waals surface area contributed by atoms with Crippen molar-refractivity contribution in [3.63, 3.8) is 0 Å². The van der Waals surface area contributed by atoms with Crippen LogP contribution in [-0.2, 0) is 10.9 Å². The number of benzene rings is 1. The highest BCUT2D eigenvalue weighted by atomic mass is 19.4. The van der Waals surface area contributed by atoms with Crippen LogP contribution in [0.5, 0.6) is 0 Å². The van der Waals surface area contributed by atoms with E-state index < -0.39 is 11.7 Å². The molecule has 0 bridgehead atoms. The number of hydrogen-bond acceptors (Lipinski definition) is 2. The zero-order valence-corrected chi connectivity index (χ0v) is 11.9. The Hall–Kier alpha value is -1.23. The van der Waals surface area contributed by atoms with Gasteiger partial charge in [-0.2, -0.15) is 13.2 Å². The molecule has 1 fully saturated rings. The quantitative estimate of drug-likeness (QED) is 0.890. The Balaban J connectivity index is 2.13. The summed E-state index contributed by atoms with van der Waals surface area (Å²) in [6.45, 7) is 6.59. The fourth-order valence-corrected chi connectivity index (χ4v) is 2.66. The van der Waals surface area contributed by atoms with Gasteiger partial charge in [0.1, 0.15) is 0 Å². The minimum atomic E-state index is -4.34. The van der Waals surface area contributed by atoms with Crippen molar-refractivity contribution in [2.45, 2.75) is 45.5 Å². The van der Waals surface area contributed by atoms with E-state index in [-0.39, 0.29) is 23.2 Å². The van der Waals surface area contributed by atoms with Crippen molar-refractivity contribution in [1.82, 2.24) is 0 Å². The van der Waals surface area contributed by atoms with Gasteiger partial charge in [0, 0.05) is 23.8 Å². The molecule has 2 unspecified atom stereocenters. The van der Waals surface area contributed by atoms with Crippen molar-refractivity contribution < 1.29 is 17.9 Å². The van der Waals surface area contributed by atoms with Gasteiger partial charge in [0.25, 0.3) is 0 Å². The maximum absolute atomic E-state index is 12.9. The number of halogens is 3. The molecule has 1 aromatic rings. The molecule has 2 nitrogen and oxygen atoms in total. The molecule has 1 aliphatic carbocycles. The second-order valence-corrected chi connectivity index (χ2v) is 5.74. The molecule has 5 heteroatoms. The van der Waals surface area contributed by atoms with E-state index >= 15 is 0 Å². The fraction of sp³-hybridized carbons (Fsp3) is 0.600. The third kappa shape index (κ3) is 2.77. The van der Waals surface area contributed by atoms with Crippen molar-refractivity contribution in [2.75, 3.05) is 11.9 Å². The van der Waals surface area contributed by atoms with Gasteiger partial charge in [-0.1, -0.05) is 26.0 Å². The predicted molar refractivity (Wildman–Crippen MR) is 72.7 cm³/mol.